The highest BCUT2D eigenvalue weighted by molar-refractivity contribution is 7.91. The molecule has 0 aliphatic carbocycles. The maximum Gasteiger partial charge on any atom is 0.341 e. The normalized spacial score (nSPS) is 11.9. The predicted octanol–water partition coefficient (Wildman–Crippen LogP) is 2.34. The number of hydrogen-bond acceptors (Lipinski definition) is 4. The first-order valence-corrected chi connectivity index (χ1v) is 7.71. The van der Waals surface area contributed by atoms with Crippen molar-refractivity contribution in [1.82, 2.24) is 9.78 Å². The molecule has 0 amide bonds. The number of anilines is 1. The third-order valence-electron chi connectivity index (χ3n) is 3.01. The van der Waals surface area contributed by atoms with E-state index in [9.17, 15) is 17.2 Å². The first-order valence-electron chi connectivity index (χ1n) is 6.16. The van der Waals surface area contributed by atoms with E-state index in [1.54, 1.807) is 24.0 Å². The number of rotatable bonds is 5. The molecule has 0 fully saturated rings. The second-order valence-electron chi connectivity index (χ2n) is 4.57. The molecular weight excluding hydrogens is 300 g/mol. The lowest BCUT2D eigenvalue weighted by atomic mass is 10.2. The third kappa shape index (κ3) is 3.21. The lowest BCUT2D eigenvalue weighted by Crippen LogP contribution is -2.14. The van der Waals surface area contributed by atoms with Crippen LogP contribution in [0.25, 0.3) is 0 Å². The topological polar surface area (TPSA) is 64.0 Å². The van der Waals surface area contributed by atoms with Crippen molar-refractivity contribution in [1.29, 1.82) is 0 Å². The van der Waals surface area contributed by atoms with Crippen LogP contribution in [0, 0.1) is 6.92 Å². The molecule has 114 valence electrons. The molecule has 0 unspecified atom stereocenters. The van der Waals surface area contributed by atoms with Crippen LogP contribution in [0.4, 0.5) is 14.5 Å². The summed E-state index contributed by atoms with van der Waals surface area (Å²) in [4.78, 5) is -0.401. The second kappa shape index (κ2) is 5.80. The fraction of sp³-hybridized carbons (Fsp3) is 0.308. The molecule has 1 aromatic heterocycles. The van der Waals surface area contributed by atoms with Gasteiger partial charge in [0.15, 0.2) is 0 Å². The minimum Gasteiger partial charge on any atom is -0.380 e. The maximum absolute atomic E-state index is 12.7. The van der Waals surface area contributed by atoms with Crippen LogP contribution in [0.3, 0.4) is 0 Å². The summed E-state index contributed by atoms with van der Waals surface area (Å²) in [5.41, 5.74) is 1.81. The molecule has 8 heteroatoms. The Morgan fingerprint density at radius 2 is 2.00 bits per heavy atom. The van der Waals surface area contributed by atoms with E-state index in [-0.39, 0.29) is 5.69 Å². The Balaban J connectivity index is 2.28. The van der Waals surface area contributed by atoms with Crippen molar-refractivity contribution in [2.45, 2.75) is 24.1 Å². The zero-order valence-electron chi connectivity index (χ0n) is 11.5. The van der Waals surface area contributed by atoms with Crippen LogP contribution in [0.5, 0.6) is 0 Å². The molecule has 0 saturated heterocycles. The molecule has 1 aromatic carbocycles. The van der Waals surface area contributed by atoms with E-state index in [0.29, 0.717) is 6.54 Å². The van der Waals surface area contributed by atoms with Gasteiger partial charge >= 0.3 is 5.76 Å². The van der Waals surface area contributed by atoms with Gasteiger partial charge in [-0.05, 0) is 19.1 Å². The van der Waals surface area contributed by atoms with Crippen molar-refractivity contribution < 1.29 is 17.2 Å². The van der Waals surface area contributed by atoms with E-state index in [4.69, 9.17) is 0 Å². The van der Waals surface area contributed by atoms with Crippen molar-refractivity contribution in [2.75, 3.05) is 5.32 Å². The number of alkyl halides is 2. The van der Waals surface area contributed by atoms with Crippen LogP contribution in [0.2, 0.25) is 0 Å². The average molecular weight is 315 g/mol. The molecule has 0 aliphatic rings. The zero-order chi connectivity index (χ0) is 15.6. The predicted molar refractivity (Wildman–Crippen MR) is 74.9 cm³/mol. The highest BCUT2D eigenvalue weighted by atomic mass is 32.2. The standard InChI is InChI=1S/C13H15F2N3O2S/c1-9-10(8-18(2)17-9)7-16-11-5-3-4-6-12(11)21(19,20)13(14)15/h3-6,8,13,16H,7H2,1-2H3. The fourth-order valence-corrected chi connectivity index (χ4v) is 2.88. The van der Waals surface area contributed by atoms with Crippen LogP contribution in [-0.4, -0.2) is 24.0 Å². The number of nitrogens with zero attached hydrogens (tertiary/aromatic N) is 2. The molecule has 0 spiro atoms. The van der Waals surface area contributed by atoms with E-state index in [2.05, 4.69) is 10.4 Å². The van der Waals surface area contributed by atoms with E-state index in [1.807, 2.05) is 6.92 Å². The molecule has 2 rings (SSSR count). The summed E-state index contributed by atoms with van der Waals surface area (Å²) in [6.07, 6.45) is 1.78. The first kappa shape index (κ1) is 15.4. The number of sulfone groups is 1. The molecule has 0 atom stereocenters. The van der Waals surface area contributed by atoms with E-state index >= 15 is 0 Å². The zero-order valence-corrected chi connectivity index (χ0v) is 12.4. The SMILES string of the molecule is Cc1nn(C)cc1CNc1ccccc1S(=O)(=O)C(F)F. The molecule has 0 saturated carbocycles. The highest BCUT2D eigenvalue weighted by Gasteiger charge is 2.28. The lowest BCUT2D eigenvalue weighted by Gasteiger charge is -2.11. The summed E-state index contributed by atoms with van der Waals surface area (Å²) in [6, 6.07) is 5.62. The number of halogens is 2. The van der Waals surface area contributed by atoms with Crippen molar-refractivity contribution in [3.05, 3.63) is 41.7 Å². The molecule has 1 heterocycles. The van der Waals surface area contributed by atoms with Crippen LogP contribution in [0.15, 0.2) is 35.4 Å². The molecular formula is C13H15F2N3O2S. The molecule has 21 heavy (non-hydrogen) atoms. The maximum atomic E-state index is 12.7. The number of hydrogen-bond donors (Lipinski definition) is 1. The van der Waals surface area contributed by atoms with Gasteiger partial charge in [0.1, 0.15) is 0 Å². The van der Waals surface area contributed by atoms with Crippen molar-refractivity contribution >= 4 is 15.5 Å². The Morgan fingerprint density at radius 3 is 2.57 bits per heavy atom. The van der Waals surface area contributed by atoms with Gasteiger partial charge < -0.3 is 5.32 Å². The van der Waals surface area contributed by atoms with E-state index in [1.165, 1.54) is 18.2 Å². The van der Waals surface area contributed by atoms with Crippen molar-refractivity contribution in [3.63, 3.8) is 0 Å². The first-order chi connectivity index (χ1) is 9.82. The summed E-state index contributed by atoms with van der Waals surface area (Å²) in [5.74, 6) is -3.44. The largest absolute Gasteiger partial charge is 0.380 e. The molecule has 0 radical (unpaired) electrons. The Kier molecular flexibility index (Phi) is 4.26. The van der Waals surface area contributed by atoms with Gasteiger partial charge in [-0.3, -0.25) is 4.68 Å². The smallest absolute Gasteiger partial charge is 0.341 e. The van der Waals surface area contributed by atoms with Gasteiger partial charge in [-0.2, -0.15) is 13.9 Å². The summed E-state index contributed by atoms with van der Waals surface area (Å²) < 4.78 is 50.3. The Labute approximate surface area is 121 Å². The Bertz CT molecular complexity index is 742. The quantitative estimate of drug-likeness (QED) is 0.920. The van der Waals surface area contributed by atoms with Crippen LogP contribution in [-0.2, 0) is 23.4 Å². The van der Waals surface area contributed by atoms with Gasteiger partial charge in [-0.1, -0.05) is 12.1 Å². The minimum absolute atomic E-state index is 0.154. The van der Waals surface area contributed by atoms with Crippen LogP contribution in [0.1, 0.15) is 11.3 Å². The van der Waals surface area contributed by atoms with Crippen LogP contribution < -0.4 is 5.32 Å². The number of aromatic nitrogens is 2. The van der Waals surface area contributed by atoms with Crippen molar-refractivity contribution in [2.24, 2.45) is 7.05 Å². The van der Waals surface area contributed by atoms with E-state index in [0.717, 1.165) is 11.3 Å². The number of para-hydroxylation sites is 1. The number of benzene rings is 1. The summed E-state index contributed by atoms with van der Waals surface area (Å²) in [5, 5.41) is 7.04. The monoisotopic (exact) mass is 315 g/mol. The molecule has 0 aliphatic heterocycles. The van der Waals surface area contributed by atoms with Gasteiger partial charge in [0.05, 0.1) is 16.3 Å². The molecule has 0 bridgehead atoms. The van der Waals surface area contributed by atoms with Gasteiger partial charge in [0, 0.05) is 25.4 Å². The second-order valence-corrected chi connectivity index (χ2v) is 6.45. The lowest BCUT2D eigenvalue weighted by molar-refractivity contribution is 0.235. The van der Waals surface area contributed by atoms with E-state index < -0.39 is 20.5 Å². The molecule has 5 nitrogen and oxygen atoms in total. The Morgan fingerprint density at radius 1 is 1.33 bits per heavy atom. The third-order valence-corrected chi connectivity index (χ3v) is 4.45. The Hall–Kier alpha value is -1.96. The average Bonchev–Trinajstić information content (AvgIpc) is 2.74. The summed E-state index contributed by atoms with van der Waals surface area (Å²) >= 11 is 0. The minimum atomic E-state index is -4.63. The van der Waals surface area contributed by atoms with Crippen molar-refractivity contribution in [3.8, 4) is 0 Å². The van der Waals surface area contributed by atoms with Gasteiger partial charge in [0.25, 0.3) is 0 Å². The number of aryl methyl sites for hydroxylation is 2. The van der Waals surface area contributed by atoms with Gasteiger partial charge in [0.2, 0.25) is 9.84 Å². The fourth-order valence-electron chi connectivity index (χ4n) is 1.97. The van der Waals surface area contributed by atoms with Gasteiger partial charge in [-0.25, -0.2) is 8.42 Å². The summed E-state index contributed by atoms with van der Waals surface area (Å²) in [7, 11) is -2.86. The molecule has 1 N–H and O–H groups in total. The number of nitrogens with one attached hydrogen (secondary N) is 1. The van der Waals surface area contributed by atoms with Crippen LogP contribution >= 0.6 is 0 Å². The van der Waals surface area contributed by atoms with Gasteiger partial charge in [-0.15, -0.1) is 0 Å². The summed E-state index contributed by atoms with van der Waals surface area (Å²) in [6.45, 7) is 2.12. The highest BCUT2D eigenvalue weighted by Crippen LogP contribution is 2.26. The molecule has 2 aromatic rings.